The zero-order valence-electron chi connectivity index (χ0n) is 16.1. The maximum Gasteiger partial charge on any atom is 0.240 e. The zero-order valence-corrected chi connectivity index (χ0v) is 18.4. The van der Waals surface area contributed by atoms with Gasteiger partial charge in [0.1, 0.15) is 0 Å². The summed E-state index contributed by atoms with van der Waals surface area (Å²) >= 11 is 13.5. The van der Waals surface area contributed by atoms with Crippen molar-refractivity contribution in [3.63, 3.8) is 0 Å². The predicted octanol–water partition coefficient (Wildman–Crippen LogP) is 4.54. The largest absolute Gasteiger partial charge is 0.301 e. The number of nitrogens with zero attached hydrogens (tertiary/aromatic N) is 4. The van der Waals surface area contributed by atoms with E-state index in [1.54, 1.807) is 12.1 Å². The molecule has 0 fully saturated rings. The molecule has 3 rings (SSSR count). The van der Waals surface area contributed by atoms with Gasteiger partial charge < -0.3 is 5.32 Å². The monoisotopic (exact) mass is 437 g/mol. The van der Waals surface area contributed by atoms with Crippen molar-refractivity contribution in [3.05, 3.63) is 50.6 Å². The molecule has 0 bridgehead atoms. The summed E-state index contributed by atoms with van der Waals surface area (Å²) in [6.45, 7) is 4.92. The van der Waals surface area contributed by atoms with Gasteiger partial charge in [-0.05, 0) is 39.1 Å². The summed E-state index contributed by atoms with van der Waals surface area (Å²) in [5.41, 5.74) is 4.72. The molecule has 2 heterocycles. The molecule has 9 heteroatoms. The van der Waals surface area contributed by atoms with Crippen LogP contribution in [0.1, 0.15) is 17.0 Å². The van der Waals surface area contributed by atoms with Crippen LogP contribution in [0.3, 0.4) is 0 Å². The van der Waals surface area contributed by atoms with Crippen LogP contribution in [0.5, 0.6) is 0 Å². The first-order valence-corrected chi connectivity index (χ1v) is 10.3. The van der Waals surface area contributed by atoms with Gasteiger partial charge >= 0.3 is 0 Å². The van der Waals surface area contributed by atoms with Crippen molar-refractivity contribution < 1.29 is 4.79 Å². The average Bonchev–Trinajstić information content (AvgIpc) is 3.15. The van der Waals surface area contributed by atoms with E-state index in [9.17, 15) is 4.79 Å². The molecule has 0 aliphatic heterocycles. The predicted molar refractivity (Wildman–Crippen MR) is 115 cm³/mol. The molecule has 2 aromatic heterocycles. The Hall–Kier alpha value is -1.93. The van der Waals surface area contributed by atoms with Crippen LogP contribution in [0.25, 0.3) is 11.3 Å². The molecule has 0 spiro atoms. The van der Waals surface area contributed by atoms with Crippen LogP contribution in [0.2, 0.25) is 10.0 Å². The molecular weight excluding hydrogens is 417 g/mol. The number of carbonyl (C=O) groups is 1. The second-order valence-electron chi connectivity index (χ2n) is 6.66. The minimum absolute atomic E-state index is 0.121. The first kappa shape index (κ1) is 20.8. The summed E-state index contributed by atoms with van der Waals surface area (Å²) in [4.78, 5) is 18.8. The third-order valence-electron chi connectivity index (χ3n) is 4.46. The van der Waals surface area contributed by atoms with E-state index in [-0.39, 0.29) is 12.5 Å². The Bertz CT molecular complexity index is 1010. The van der Waals surface area contributed by atoms with Crippen molar-refractivity contribution in [2.24, 2.45) is 7.05 Å². The lowest BCUT2D eigenvalue weighted by Crippen LogP contribution is -2.30. The third kappa shape index (κ3) is 4.72. The molecule has 0 unspecified atom stereocenters. The number of aromatic nitrogens is 3. The topological polar surface area (TPSA) is 63.1 Å². The third-order valence-corrected chi connectivity index (χ3v) is 5.76. The fraction of sp³-hybridized carbons (Fsp3) is 0.316. The van der Waals surface area contributed by atoms with Crippen LogP contribution >= 0.6 is 34.5 Å². The van der Waals surface area contributed by atoms with Crippen LogP contribution in [0.15, 0.2) is 23.6 Å². The second-order valence-corrected chi connectivity index (χ2v) is 8.36. The quantitative estimate of drug-likeness (QED) is 0.614. The first-order valence-electron chi connectivity index (χ1n) is 8.63. The van der Waals surface area contributed by atoms with Gasteiger partial charge in [0.25, 0.3) is 0 Å². The van der Waals surface area contributed by atoms with Crippen molar-refractivity contribution >= 4 is 45.6 Å². The van der Waals surface area contributed by atoms with Gasteiger partial charge in [0.05, 0.1) is 23.0 Å². The van der Waals surface area contributed by atoms with Crippen molar-refractivity contribution in [1.82, 2.24) is 19.7 Å². The molecule has 0 aliphatic rings. The van der Waals surface area contributed by atoms with E-state index >= 15 is 0 Å². The van der Waals surface area contributed by atoms with Gasteiger partial charge in [0.2, 0.25) is 5.91 Å². The maximum atomic E-state index is 12.4. The Labute approximate surface area is 178 Å². The van der Waals surface area contributed by atoms with Crippen molar-refractivity contribution in [2.75, 3.05) is 18.9 Å². The number of thiazole rings is 1. The van der Waals surface area contributed by atoms with Crippen LogP contribution in [-0.2, 0) is 18.4 Å². The summed E-state index contributed by atoms with van der Waals surface area (Å²) in [7, 11) is 3.83. The average molecular weight is 438 g/mol. The summed E-state index contributed by atoms with van der Waals surface area (Å²) in [5.74, 6) is -0.121. The van der Waals surface area contributed by atoms with Crippen LogP contribution in [0, 0.1) is 13.8 Å². The summed E-state index contributed by atoms with van der Waals surface area (Å²) in [6.07, 6.45) is 0. The Morgan fingerprint density at radius 1 is 1.32 bits per heavy atom. The highest BCUT2D eigenvalue weighted by Gasteiger charge is 2.15. The molecule has 1 amide bonds. The number of rotatable bonds is 6. The van der Waals surface area contributed by atoms with Gasteiger partial charge in [-0.2, -0.15) is 5.10 Å². The van der Waals surface area contributed by atoms with Gasteiger partial charge in [-0.15, -0.1) is 11.3 Å². The van der Waals surface area contributed by atoms with E-state index in [1.807, 2.05) is 49.0 Å². The molecule has 1 aromatic carbocycles. The fourth-order valence-electron chi connectivity index (χ4n) is 2.93. The van der Waals surface area contributed by atoms with Crippen molar-refractivity contribution in [1.29, 1.82) is 0 Å². The van der Waals surface area contributed by atoms with Crippen molar-refractivity contribution in [3.8, 4) is 11.3 Å². The normalized spacial score (nSPS) is 11.2. The zero-order chi connectivity index (χ0) is 20.4. The lowest BCUT2D eigenvalue weighted by atomic mass is 10.2. The van der Waals surface area contributed by atoms with Crippen LogP contribution < -0.4 is 5.32 Å². The molecule has 1 N–H and O–H groups in total. The highest BCUT2D eigenvalue weighted by Crippen LogP contribution is 2.32. The second kappa shape index (κ2) is 8.61. The summed E-state index contributed by atoms with van der Waals surface area (Å²) in [5, 5.41) is 10.8. The molecule has 0 saturated carbocycles. The number of hydrogen-bond acceptors (Lipinski definition) is 5. The molecule has 6 nitrogen and oxygen atoms in total. The van der Waals surface area contributed by atoms with Gasteiger partial charge in [0.15, 0.2) is 5.13 Å². The maximum absolute atomic E-state index is 12.4. The number of likely N-dealkylation sites (N-methyl/N-ethyl adjacent to an activating group) is 1. The van der Waals surface area contributed by atoms with Gasteiger partial charge in [0, 0.05) is 40.8 Å². The number of aryl methyl sites for hydroxylation is 2. The number of anilines is 1. The summed E-state index contributed by atoms with van der Waals surface area (Å²) in [6, 6.07) is 5.25. The number of nitrogens with one attached hydrogen (secondary N) is 1. The van der Waals surface area contributed by atoms with E-state index in [4.69, 9.17) is 23.2 Å². The fourth-order valence-corrected chi connectivity index (χ4v) is 4.16. The molecule has 3 aromatic rings. The van der Waals surface area contributed by atoms with E-state index in [0.29, 0.717) is 27.4 Å². The van der Waals surface area contributed by atoms with Gasteiger partial charge in [-0.1, -0.05) is 23.2 Å². The lowest BCUT2D eigenvalue weighted by molar-refractivity contribution is -0.117. The minimum atomic E-state index is -0.121. The highest BCUT2D eigenvalue weighted by molar-refractivity contribution is 7.14. The molecule has 148 valence electrons. The van der Waals surface area contributed by atoms with Crippen LogP contribution in [0.4, 0.5) is 5.13 Å². The van der Waals surface area contributed by atoms with Crippen molar-refractivity contribution in [2.45, 2.75) is 20.4 Å². The Kier molecular flexibility index (Phi) is 6.40. The number of hydrogen-bond donors (Lipinski definition) is 1. The number of benzene rings is 1. The minimum Gasteiger partial charge on any atom is -0.301 e. The summed E-state index contributed by atoms with van der Waals surface area (Å²) < 4.78 is 1.86. The van der Waals surface area contributed by atoms with Crippen LogP contribution in [-0.4, -0.2) is 39.2 Å². The molecule has 0 radical (unpaired) electrons. The number of carbonyl (C=O) groups excluding carboxylic acids is 1. The Balaban J connectivity index is 1.61. The standard InChI is InChI=1S/C19H21Cl2N5OS/c1-11-15(12(2)26(4)24-11)8-25(3)9-18(27)23-19-22-17(10-28-19)14-6-5-13(20)7-16(14)21/h5-7,10H,8-9H2,1-4H3,(H,22,23,27). The smallest absolute Gasteiger partial charge is 0.240 e. The van der Waals surface area contributed by atoms with E-state index < -0.39 is 0 Å². The molecule has 0 saturated heterocycles. The molecule has 0 atom stereocenters. The number of amides is 1. The molecular formula is C19H21Cl2N5OS. The number of halogens is 2. The first-order chi connectivity index (χ1) is 13.2. The van der Waals surface area contributed by atoms with E-state index in [1.165, 1.54) is 11.3 Å². The van der Waals surface area contributed by atoms with E-state index in [0.717, 1.165) is 22.5 Å². The van der Waals surface area contributed by atoms with Gasteiger partial charge in [-0.25, -0.2) is 4.98 Å². The Morgan fingerprint density at radius 3 is 2.71 bits per heavy atom. The molecule has 0 aliphatic carbocycles. The van der Waals surface area contributed by atoms with Gasteiger partial charge in [-0.3, -0.25) is 14.4 Å². The Morgan fingerprint density at radius 2 is 2.07 bits per heavy atom. The lowest BCUT2D eigenvalue weighted by Gasteiger charge is -2.16. The van der Waals surface area contributed by atoms with E-state index in [2.05, 4.69) is 15.4 Å². The molecule has 28 heavy (non-hydrogen) atoms. The highest BCUT2D eigenvalue weighted by atomic mass is 35.5. The SMILES string of the molecule is Cc1nn(C)c(C)c1CN(C)CC(=O)Nc1nc(-c2ccc(Cl)cc2Cl)cs1.